The van der Waals surface area contributed by atoms with Gasteiger partial charge in [0.1, 0.15) is 0 Å². The standard InChI is InChI=1S/C14H12BrClO/c15-13-5-1-11(2-6-13)9-17-10-12-3-7-14(16)8-4-12/h1-8H,9-10H2. The number of ether oxygens (including phenoxy) is 1. The molecule has 2 aromatic rings. The summed E-state index contributed by atoms with van der Waals surface area (Å²) in [5.41, 5.74) is 2.30. The molecule has 0 heterocycles. The average molecular weight is 312 g/mol. The van der Waals surface area contributed by atoms with Crippen molar-refractivity contribution in [1.82, 2.24) is 0 Å². The number of rotatable bonds is 4. The monoisotopic (exact) mass is 310 g/mol. The summed E-state index contributed by atoms with van der Waals surface area (Å²) in [5, 5.41) is 0.752. The highest BCUT2D eigenvalue weighted by atomic mass is 79.9. The average Bonchev–Trinajstić information content (AvgIpc) is 2.34. The largest absolute Gasteiger partial charge is 0.372 e. The second-order valence-electron chi connectivity index (χ2n) is 3.75. The Balaban J connectivity index is 1.83. The molecule has 0 aliphatic carbocycles. The van der Waals surface area contributed by atoms with E-state index in [0.717, 1.165) is 15.1 Å². The van der Waals surface area contributed by atoms with E-state index in [0.29, 0.717) is 13.2 Å². The van der Waals surface area contributed by atoms with Gasteiger partial charge >= 0.3 is 0 Å². The minimum Gasteiger partial charge on any atom is -0.372 e. The van der Waals surface area contributed by atoms with Crippen LogP contribution in [0.1, 0.15) is 11.1 Å². The third kappa shape index (κ3) is 4.15. The smallest absolute Gasteiger partial charge is 0.0721 e. The maximum atomic E-state index is 5.81. The molecule has 0 spiro atoms. The van der Waals surface area contributed by atoms with E-state index in [4.69, 9.17) is 16.3 Å². The van der Waals surface area contributed by atoms with Gasteiger partial charge < -0.3 is 4.74 Å². The maximum absolute atomic E-state index is 5.81. The van der Waals surface area contributed by atoms with E-state index in [-0.39, 0.29) is 0 Å². The summed E-state index contributed by atoms with van der Waals surface area (Å²) in [6, 6.07) is 15.8. The Morgan fingerprint density at radius 3 is 1.82 bits per heavy atom. The lowest BCUT2D eigenvalue weighted by Gasteiger charge is -2.05. The summed E-state index contributed by atoms with van der Waals surface area (Å²) in [7, 11) is 0. The van der Waals surface area contributed by atoms with E-state index in [1.54, 1.807) is 0 Å². The Bertz CT molecular complexity index is 419. The highest BCUT2D eigenvalue weighted by molar-refractivity contribution is 9.10. The van der Waals surface area contributed by atoms with Gasteiger partial charge in [0.2, 0.25) is 0 Å². The third-order valence-corrected chi connectivity index (χ3v) is 3.14. The number of hydrogen-bond acceptors (Lipinski definition) is 1. The SMILES string of the molecule is Clc1ccc(COCc2ccc(Br)cc2)cc1. The number of benzene rings is 2. The zero-order chi connectivity index (χ0) is 12.1. The van der Waals surface area contributed by atoms with Crippen molar-refractivity contribution in [2.45, 2.75) is 13.2 Å². The van der Waals surface area contributed by atoms with Crippen molar-refractivity contribution < 1.29 is 4.74 Å². The third-order valence-electron chi connectivity index (χ3n) is 2.36. The van der Waals surface area contributed by atoms with Gasteiger partial charge in [0.25, 0.3) is 0 Å². The molecule has 0 N–H and O–H groups in total. The van der Waals surface area contributed by atoms with Crippen LogP contribution in [-0.2, 0) is 18.0 Å². The fraction of sp³-hybridized carbons (Fsp3) is 0.143. The second kappa shape index (κ2) is 6.20. The molecule has 1 nitrogen and oxygen atoms in total. The molecule has 0 amide bonds. The second-order valence-corrected chi connectivity index (χ2v) is 5.10. The first-order valence-electron chi connectivity index (χ1n) is 5.31. The van der Waals surface area contributed by atoms with Crippen LogP contribution in [0, 0.1) is 0 Å². The minimum absolute atomic E-state index is 0.604. The molecule has 0 aliphatic heterocycles. The van der Waals surface area contributed by atoms with Crippen LogP contribution in [0.2, 0.25) is 5.02 Å². The van der Waals surface area contributed by atoms with E-state index >= 15 is 0 Å². The van der Waals surface area contributed by atoms with Crippen LogP contribution in [-0.4, -0.2) is 0 Å². The molecule has 3 heteroatoms. The van der Waals surface area contributed by atoms with E-state index in [1.807, 2.05) is 48.5 Å². The molecule has 0 atom stereocenters. The number of hydrogen-bond donors (Lipinski definition) is 0. The van der Waals surface area contributed by atoms with E-state index in [2.05, 4.69) is 15.9 Å². The topological polar surface area (TPSA) is 9.23 Å². The predicted octanol–water partition coefficient (Wildman–Crippen LogP) is 4.82. The summed E-state index contributed by atoms with van der Waals surface area (Å²) in [6.45, 7) is 1.23. The van der Waals surface area contributed by atoms with Crippen molar-refractivity contribution in [3.63, 3.8) is 0 Å². The molecule has 0 unspecified atom stereocenters. The first kappa shape index (κ1) is 12.6. The molecule has 0 aliphatic rings. The normalized spacial score (nSPS) is 10.5. The van der Waals surface area contributed by atoms with Crippen LogP contribution in [0.25, 0.3) is 0 Å². The van der Waals surface area contributed by atoms with Crippen molar-refractivity contribution >= 4 is 27.5 Å². The van der Waals surface area contributed by atoms with Crippen molar-refractivity contribution in [1.29, 1.82) is 0 Å². The van der Waals surface area contributed by atoms with Gasteiger partial charge in [0, 0.05) is 9.50 Å². The van der Waals surface area contributed by atoms with Crippen molar-refractivity contribution in [3.8, 4) is 0 Å². The molecule has 0 radical (unpaired) electrons. The molecule has 0 aromatic heterocycles. The quantitative estimate of drug-likeness (QED) is 0.786. The maximum Gasteiger partial charge on any atom is 0.0721 e. The summed E-state index contributed by atoms with van der Waals surface area (Å²) in [5.74, 6) is 0. The van der Waals surface area contributed by atoms with Gasteiger partial charge in [0.15, 0.2) is 0 Å². The summed E-state index contributed by atoms with van der Waals surface area (Å²) >= 11 is 9.21. The van der Waals surface area contributed by atoms with Gasteiger partial charge in [-0.15, -0.1) is 0 Å². The number of halogens is 2. The van der Waals surface area contributed by atoms with Crippen LogP contribution in [0.5, 0.6) is 0 Å². The molecule has 88 valence electrons. The Morgan fingerprint density at radius 1 is 0.824 bits per heavy atom. The van der Waals surface area contributed by atoms with Gasteiger partial charge in [-0.1, -0.05) is 51.8 Å². The van der Waals surface area contributed by atoms with Gasteiger partial charge in [-0.25, -0.2) is 0 Å². The Morgan fingerprint density at radius 2 is 1.29 bits per heavy atom. The van der Waals surface area contributed by atoms with Crippen LogP contribution in [0.3, 0.4) is 0 Å². The molecule has 0 bridgehead atoms. The fourth-order valence-corrected chi connectivity index (χ4v) is 1.84. The lowest BCUT2D eigenvalue weighted by Crippen LogP contribution is -1.93. The van der Waals surface area contributed by atoms with Crippen LogP contribution >= 0.6 is 27.5 Å². The molecule has 0 saturated heterocycles. The van der Waals surface area contributed by atoms with Crippen molar-refractivity contribution in [2.24, 2.45) is 0 Å². The zero-order valence-corrected chi connectivity index (χ0v) is 11.5. The van der Waals surface area contributed by atoms with Crippen molar-refractivity contribution in [2.75, 3.05) is 0 Å². The van der Waals surface area contributed by atoms with Crippen LogP contribution in [0.4, 0.5) is 0 Å². The van der Waals surface area contributed by atoms with E-state index < -0.39 is 0 Å². The summed E-state index contributed by atoms with van der Waals surface area (Å²) in [4.78, 5) is 0. The lowest BCUT2D eigenvalue weighted by molar-refractivity contribution is 0.107. The molecule has 0 saturated carbocycles. The highest BCUT2D eigenvalue weighted by Gasteiger charge is 1.96. The fourth-order valence-electron chi connectivity index (χ4n) is 1.45. The Kier molecular flexibility index (Phi) is 4.60. The predicted molar refractivity (Wildman–Crippen MR) is 74.1 cm³/mol. The molecule has 0 fully saturated rings. The first-order chi connectivity index (χ1) is 8.24. The van der Waals surface area contributed by atoms with E-state index in [9.17, 15) is 0 Å². The van der Waals surface area contributed by atoms with Gasteiger partial charge in [0.05, 0.1) is 13.2 Å². The molecule has 2 rings (SSSR count). The molecule has 17 heavy (non-hydrogen) atoms. The summed E-state index contributed by atoms with van der Waals surface area (Å²) < 4.78 is 6.71. The minimum atomic E-state index is 0.604. The molecular weight excluding hydrogens is 300 g/mol. The molecular formula is C14H12BrClO. The van der Waals surface area contributed by atoms with Crippen molar-refractivity contribution in [3.05, 3.63) is 69.2 Å². The van der Waals surface area contributed by atoms with Gasteiger partial charge in [-0.3, -0.25) is 0 Å². The Hall–Kier alpha value is -0.830. The van der Waals surface area contributed by atoms with Crippen LogP contribution in [0.15, 0.2) is 53.0 Å². The highest BCUT2D eigenvalue weighted by Crippen LogP contribution is 2.13. The lowest BCUT2D eigenvalue weighted by atomic mass is 10.2. The summed E-state index contributed by atoms with van der Waals surface area (Å²) in [6.07, 6.45) is 0. The first-order valence-corrected chi connectivity index (χ1v) is 6.48. The molecule has 2 aromatic carbocycles. The van der Waals surface area contributed by atoms with Gasteiger partial charge in [-0.05, 0) is 35.4 Å². The Labute approximate surface area is 115 Å². The van der Waals surface area contributed by atoms with Crippen LogP contribution < -0.4 is 0 Å². The van der Waals surface area contributed by atoms with E-state index in [1.165, 1.54) is 5.56 Å². The zero-order valence-electron chi connectivity index (χ0n) is 9.20. The van der Waals surface area contributed by atoms with Gasteiger partial charge in [-0.2, -0.15) is 0 Å².